The summed E-state index contributed by atoms with van der Waals surface area (Å²) in [5.41, 5.74) is 1.11. The van der Waals surface area contributed by atoms with Gasteiger partial charge in [0, 0.05) is 23.4 Å². The van der Waals surface area contributed by atoms with Gasteiger partial charge in [-0.05, 0) is 18.2 Å². The molecule has 0 unspecified atom stereocenters. The van der Waals surface area contributed by atoms with E-state index in [1.165, 1.54) is 48.3 Å². The summed E-state index contributed by atoms with van der Waals surface area (Å²) in [5.74, 6) is -0.210. The molecule has 3 rings (SSSR count). The number of carbonyl (C=O) groups is 1. The van der Waals surface area contributed by atoms with E-state index in [0.29, 0.717) is 21.0 Å². The van der Waals surface area contributed by atoms with Crippen LogP contribution >= 0.6 is 11.8 Å². The highest BCUT2D eigenvalue weighted by Gasteiger charge is 2.17. The Morgan fingerprint density at radius 2 is 1.96 bits per heavy atom. The molecule has 0 saturated heterocycles. The number of nitrogens with one attached hydrogen (secondary N) is 1. The zero-order valence-electron chi connectivity index (χ0n) is 14.1. The van der Waals surface area contributed by atoms with Crippen molar-refractivity contribution < 1.29 is 9.72 Å². The fraction of sp³-hybridized carbons (Fsp3) is 0.0588. The molecule has 0 spiro atoms. The van der Waals surface area contributed by atoms with E-state index in [4.69, 9.17) is 0 Å². The lowest BCUT2D eigenvalue weighted by molar-refractivity contribution is -0.387. The molecule has 0 atom stereocenters. The summed E-state index contributed by atoms with van der Waals surface area (Å²) >= 11 is 1.21. The summed E-state index contributed by atoms with van der Waals surface area (Å²) < 4.78 is 1.39. The first kappa shape index (κ1) is 18.3. The van der Waals surface area contributed by atoms with Crippen LogP contribution in [0, 0.1) is 10.1 Å². The van der Waals surface area contributed by atoms with Crippen LogP contribution in [-0.4, -0.2) is 31.9 Å². The maximum Gasteiger partial charge on any atom is 0.283 e. The van der Waals surface area contributed by atoms with Crippen molar-refractivity contribution in [2.24, 2.45) is 5.10 Å². The molecule has 0 saturated carbocycles. The standard InChI is InChI=1S/C17H14N6O3S/c1-12(24)21-14-4-2-3-5-16(14)27-17-7-6-13(8-15(17)23(25)26)9-20-22-10-18-19-11-22/h2-11H,1H3,(H,21,24)/b20-9+. The molecule has 0 aliphatic rings. The molecular weight excluding hydrogens is 368 g/mol. The summed E-state index contributed by atoms with van der Waals surface area (Å²) in [6.07, 6.45) is 4.30. The molecule has 1 amide bonds. The maximum atomic E-state index is 11.5. The van der Waals surface area contributed by atoms with Gasteiger partial charge < -0.3 is 5.32 Å². The van der Waals surface area contributed by atoms with Gasteiger partial charge in [-0.3, -0.25) is 14.9 Å². The number of carbonyl (C=O) groups excluding carboxylic acids is 1. The summed E-state index contributed by atoms with van der Waals surface area (Å²) in [5, 5.41) is 25.6. The van der Waals surface area contributed by atoms with Gasteiger partial charge in [-0.1, -0.05) is 30.0 Å². The van der Waals surface area contributed by atoms with E-state index in [1.807, 2.05) is 0 Å². The van der Waals surface area contributed by atoms with Gasteiger partial charge in [-0.25, -0.2) is 4.68 Å². The van der Waals surface area contributed by atoms with Crippen molar-refractivity contribution in [2.75, 3.05) is 5.32 Å². The molecule has 3 aromatic rings. The lowest BCUT2D eigenvalue weighted by atomic mass is 10.2. The molecule has 1 aromatic heterocycles. The lowest BCUT2D eigenvalue weighted by Crippen LogP contribution is -2.06. The van der Waals surface area contributed by atoms with Crippen LogP contribution < -0.4 is 5.32 Å². The summed E-state index contributed by atoms with van der Waals surface area (Å²) in [6.45, 7) is 1.41. The molecule has 0 radical (unpaired) electrons. The molecular formula is C17H14N6O3S. The smallest absolute Gasteiger partial charge is 0.283 e. The number of nitro benzene ring substituents is 1. The van der Waals surface area contributed by atoms with Crippen molar-refractivity contribution in [3.63, 3.8) is 0 Å². The highest BCUT2D eigenvalue weighted by atomic mass is 32.2. The van der Waals surface area contributed by atoms with E-state index in [-0.39, 0.29) is 11.6 Å². The molecule has 0 fully saturated rings. The van der Waals surface area contributed by atoms with Crippen LogP contribution in [0.15, 0.2) is 70.0 Å². The number of amides is 1. The molecule has 0 aliphatic carbocycles. The van der Waals surface area contributed by atoms with Crippen molar-refractivity contribution in [3.8, 4) is 0 Å². The second-order valence-corrected chi connectivity index (χ2v) is 6.43. The molecule has 1 N–H and O–H groups in total. The van der Waals surface area contributed by atoms with Crippen LogP contribution in [0.5, 0.6) is 0 Å². The van der Waals surface area contributed by atoms with Gasteiger partial charge in [0.1, 0.15) is 12.7 Å². The van der Waals surface area contributed by atoms with E-state index in [2.05, 4.69) is 20.6 Å². The third kappa shape index (κ3) is 4.76. The number of para-hydroxylation sites is 1. The number of nitro groups is 1. The molecule has 136 valence electrons. The zero-order valence-corrected chi connectivity index (χ0v) is 15.0. The Labute approximate surface area is 158 Å². The Balaban J connectivity index is 1.90. The van der Waals surface area contributed by atoms with E-state index in [1.54, 1.807) is 36.4 Å². The highest BCUT2D eigenvalue weighted by Crippen LogP contribution is 2.38. The van der Waals surface area contributed by atoms with Crippen molar-refractivity contribution >= 4 is 35.3 Å². The van der Waals surface area contributed by atoms with E-state index >= 15 is 0 Å². The maximum absolute atomic E-state index is 11.5. The second-order valence-electron chi connectivity index (χ2n) is 5.35. The van der Waals surface area contributed by atoms with Crippen LogP contribution in [0.3, 0.4) is 0 Å². The summed E-state index contributed by atoms with van der Waals surface area (Å²) in [6, 6.07) is 12.0. The van der Waals surface area contributed by atoms with E-state index in [9.17, 15) is 14.9 Å². The molecule has 0 aliphatic heterocycles. The van der Waals surface area contributed by atoms with Gasteiger partial charge in [-0.2, -0.15) is 5.10 Å². The fourth-order valence-electron chi connectivity index (χ4n) is 2.20. The first-order valence-corrected chi connectivity index (χ1v) is 8.56. The molecule has 1 heterocycles. The number of benzene rings is 2. The van der Waals surface area contributed by atoms with Crippen molar-refractivity contribution in [1.82, 2.24) is 14.9 Å². The van der Waals surface area contributed by atoms with Crippen molar-refractivity contribution in [1.29, 1.82) is 0 Å². The average molecular weight is 382 g/mol. The molecule has 0 bridgehead atoms. The van der Waals surface area contributed by atoms with Gasteiger partial charge in [0.2, 0.25) is 5.91 Å². The van der Waals surface area contributed by atoms with Crippen LogP contribution in [0.1, 0.15) is 12.5 Å². The number of anilines is 1. The molecule has 10 heteroatoms. The zero-order chi connectivity index (χ0) is 19.2. The minimum absolute atomic E-state index is 0.0506. The predicted molar refractivity (Wildman–Crippen MR) is 101 cm³/mol. The predicted octanol–water partition coefficient (Wildman–Crippen LogP) is 3.18. The van der Waals surface area contributed by atoms with Crippen LogP contribution in [0.25, 0.3) is 0 Å². The quantitative estimate of drug-likeness (QED) is 0.398. The third-order valence-corrected chi connectivity index (χ3v) is 4.49. The Hall–Kier alpha value is -3.53. The largest absolute Gasteiger partial charge is 0.325 e. The van der Waals surface area contributed by atoms with Crippen LogP contribution in [0.2, 0.25) is 0 Å². The van der Waals surface area contributed by atoms with Gasteiger partial charge in [-0.15, -0.1) is 10.2 Å². The number of hydrogen-bond acceptors (Lipinski definition) is 7. The van der Waals surface area contributed by atoms with Crippen LogP contribution in [0.4, 0.5) is 11.4 Å². The monoisotopic (exact) mass is 382 g/mol. The van der Waals surface area contributed by atoms with E-state index in [0.717, 1.165) is 0 Å². The van der Waals surface area contributed by atoms with Crippen molar-refractivity contribution in [3.05, 3.63) is 70.8 Å². The number of nitrogens with zero attached hydrogens (tertiary/aromatic N) is 5. The first-order chi connectivity index (χ1) is 13.0. The van der Waals surface area contributed by atoms with E-state index < -0.39 is 4.92 Å². The van der Waals surface area contributed by atoms with Crippen LogP contribution in [-0.2, 0) is 4.79 Å². The normalized spacial score (nSPS) is 10.9. The number of hydrogen-bond donors (Lipinski definition) is 1. The number of aromatic nitrogens is 3. The first-order valence-electron chi connectivity index (χ1n) is 7.75. The topological polar surface area (TPSA) is 115 Å². The molecule has 27 heavy (non-hydrogen) atoms. The Bertz CT molecular complexity index is 1000. The average Bonchev–Trinajstić information content (AvgIpc) is 3.15. The molecule has 2 aromatic carbocycles. The minimum Gasteiger partial charge on any atom is -0.325 e. The van der Waals surface area contributed by atoms with Gasteiger partial charge in [0.15, 0.2) is 0 Å². The lowest BCUT2D eigenvalue weighted by Gasteiger charge is -2.09. The summed E-state index contributed by atoms with van der Waals surface area (Å²) in [4.78, 5) is 23.6. The van der Waals surface area contributed by atoms with Crippen molar-refractivity contribution in [2.45, 2.75) is 16.7 Å². The summed E-state index contributed by atoms with van der Waals surface area (Å²) in [7, 11) is 0. The van der Waals surface area contributed by atoms with Gasteiger partial charge in [0.05, 0.1) is 21.7 Å². The third-order valence-electron chi connectivity index (χ3n) is 3.34. The highest BCUT2D eigenvalue weighted by molar-refractivity contribution is 7.99. The second kappa shape index (κ2) is 8.23. The SMILES string of the molecule is CC(=O)Nc1ccccc1Sc1ccc(/C=N/n2cnnc2)cc1[N+](=O)[O-]. The fourth-order valence-corrected chi connectivity index (χ4v) is 3.19. The Morgan fingerprint density at radius 1 is 1.22 bits per heavy atom. The van der Waals surface area contributed by atoms with Gasteiger partial charge in [0.25, 0.3) is 5.69 Å². The molecule has 9 nitrogen and oxygen atoms in total. The number of rotatable bonds is 6. The minimum atomic E-state index is -0.445. The van der Waals surface area contributed by atoms with Gasteiger partial charge >= 0.3 is 0 Å². The Morgan fingerprint density at radius 3 is 2.67 bits per heavy atom. The Kier molecular flexibility index (Phi) is 5.57.